The second kappa shape index (κ2) is 7.40. The van der Waals surface area contributed by atoms with E-state index in [1.165, 1.54) is 0 Å². The molecular formula is C24H19N5O. The van der Waals surface area contributed by atoms with Crippen molar-refractivity contribution in [2.45, 2.75) is 13.3 Å². The van der Waals surface area contributed by atoms with Gasteiger partial charge in [-0.2, -0.15) is 5.10 Å². The second-order valence-corrected chi connectivity index (χ2v) is 7.07. The van der Waals surface area contributed by atoms with Crippen molar-refractivity contribution in [1.29, 1.82) is 0 Å². The minimum absolute atomic E-state index is 0.00651. The lowest BCUT2D eigenvalue weighted by Crippen LogP contribution is -2.08. The lowest BCUT2D eigenvalue weighted by atomic mass is 10.0. The number of carbonyl (C=O) groups excluding carboxylic acids is 1. The standard InChI is InChI=1S/C24H19N5O/c1-2-22(30)27-18-8-5-15(6-9-18)24-23-19-12-16(17-4-3-11-25-13-17)7-10-20(19)26-14-21(23)28-29-24/h3-14H,2H2,1H3,(H,27,30)(H,28,29). The molecule has 146 valence electrons. The molecule has 0 saturated heterocycles. The summed E-state index contributed by atoms with van der Waals surface area (Å²) >= 11 is 0. The number of pyridine rings is 2. The zero-order valence-corrected chi connectivity index (χ0v) is 16.4. The molecule has 0 saturated carbocycles. The van der Waals surface area contributed by atoms with E-state index in [4.69, 9.17) is 0 Å². The van der Waals surface area contributed by atoms with Crippen LogP contribution in [0.4, 0.5) is 5.69 Å². The summed E-state index contributed by atoms with van der Waals surface area (Å²) in [6, 6.07) is 17.9. The van der Waals surface area contributed by atoms with E-state index in [0.29, 0.717) is 6.42 Å². The third kappa shape index (κ3) is 3.18. The molecular weight excluding hydrogens is 374 g/mol. The van der Waals surface area contributed by atoms with Crippen LogP contribution in [-0.4, -0.2) is 26.1 Å². The highest BCUT2D eigenvalue weighted by atomic mass is 16.1. The number of amides is 1. The Morgan fingerprint density at radius 3 is 2.60 bits per heavy atom. The maximum atomic E-state index is 11.6. The molecule has 30 heavy (non-hydrogen) atoms. The Bertz CT molecular complexity index is 1360. The number of benzene rings is 2. The van der Waals surface area contributed by atoms with Gasteiger partial charge in [-0.05, 0) is 35.9 Å². The highest BCUT2D eigenvalue weighted by Gasteiger charge is 2.13. The number of fused-ring (bicyclic) bond motifs is 3. The normalized spacial score (nSPS) is 11.1. The topological polar surface area (TPSA) is 83.6 Å². The van der Waals surface area contributed by atoms with Crippen LogP contribution in [0.3, 0.4) is 0 Å². The van der Waals surface area contributed by atoms with Crippen LogP contribution in [0.5, 0.6) is 0 Å². The van der Waals surface area contributed by atoms with Gasteiger partial charge in [-0.15, -0.1) is 0 Å². The fraction of sp³-hybridized carbons (Fsp3) is 0.0833. The van der Waals surface area contributed by atoms with Crippen molar-refractivity contribution in [3.63, 3.8) is 0 Å². The van der Waals surface area contributed by atoms with Gasteiger partial charge in [0.2, 0.25) is 5.91 Å². The molecule has 0 unspecified atom stereocenters. The van der Waals surface area contributed by atoms with Gasteiger partial charge in [0, 0.05) is 46.4 Å². The highest BCUT2D eigenvalue weighted by Crippen LogP contribution is 2.34. The maximum Gasteiger partial charge on any atom is 0.224 e. The summed E-state index contributed by atoms with van der Waals surface area (Å²) in [5.74, 6) is -0.00651. The Hall–Kier alpha value is -4.06. The smallest absolute Gasteiger partial charge is 0.224 e. The van der Waals surface area contributed by atoms with Crippen LogP contribution in [0.2, 0.25) is 0 Å². The monoisotopic (exact) mass is 393 g/mol. The summed E-state index contributed by atoms with van der Waals surface area (Å²) < 4.78 is 0. The fourth-order valence-electron chi connectivity index (χ4n) is 3.59. The summed E-state index contributed by atoms with van der Waals surface area (Å²) in [7, 11) is 0. The van der Waals surface area contributed by atoms with Gasteiger partial charge in [-0.1, -0.05) is 31.2 Å². The Morgan fingerprint density at radius 2 is 1.83 bits per heavy atom. The van der Waals surface area contributed by atoms with E-state index in [1.807, 2.05) is 61.8 Å². The van der Waals surface area contributed by atoms with Crippen LogP contribution >= 0.6 is 0 Å². The van der Waals surface area contributed by atoms with E-state index in [9.17, 15) is 4.79 Å². The minimum Gasteiger partial charge on any atom is -0.326 e. The van der Waals surface area contributed by atoms with E-state index >= 15 is 0 Å². The highest BCUT2D eigenvalue weighted by molar-refractivity contribution is 6.11. The number of rotatable bonds is 4. The summed E-state index contributed by atoms with van der Waals surface area (Å²) in [5.41, 5.74) is 6.51. The number of nitrogens with zero attached hydrogens (tertiary/aromatic N) is 3. The van der Waals surface area contributed by atoms with Crippen molar-refractivity contribution in [3.8, 4) is 22.4 Å². The van der Waals surface area contributed by atoms with E-state index < -0.39 is 0 Å². The van der Waals surface area contributed by atoms with Crippen molar-refractivity contribution in [1.82, 2.24) is 20.2 Å². The van der Waals surface area contributed by atoms with Crippen LogP contribution < -0.4 is 5.32 Å². The van der Waals surface area contributed by atoms with Crippen molar-refractivity contribution >= 4 is 33.4 Å². The molecule has 6 nitrogen and oxygen atoms in total. The van der Waals surface area contributed by atoms with E-state index in [2.05, 4.69) is 37.6 Å². The van der Waals surface area contributed by atoms with Crippen LogP contribution in [0.25, 0.3) is 44.2 Å². The molecule has 0 spiro atoms. The average Bonchev–Trinajstić information content (AvgIpc) is 3.24. The van der Waals surface area contributed by atoms with Crippen molar-refractivity contribution in [2.24, 2.45) is 0 Å². The van der Waals surface area contributed by atoms with Gasteiger partial charge >= 0.3 is 0 Å². The summed E-state index contributed by atoms with van der Waals surface area (Å²) in [5, 5.41) is 12.6. The number of hydrogen-bond donors (Lipinski definition) is 2. The number of H-pyrrole nitrogens is 1. The van der Waals surface area contributed by atoms with Gasteiger partial charge in [0.1, 0.15) is 5.69 Å². The van der Waals surface area contributed by atoms with Crippen LogP contribution in [0.1, 0.15) is 13.3 Å². The molecule has 3 heterocycles. The SMILES string of the molecule is CCC(=O)Nc1ccc(-c2n[nH]c3cnc4ccc(-c5cccnc5)cc4c23)cc1. The van der Waals surface area contributed by atoms with Gasteiger partial charge in [-0.3, -0.25) is 19.9 Å². The Morgan fingerprint density at radius 1 is 1.00 bits per heavy atom. The first-order valence-electron chi connectivity index (χ1n) is 9.80. The molecule has 5 aromatic rings. The van der Waals surface area contributed by atoms with Gasteiger partial charge in [0.25, 0.3) is 0 Å². The average molecular weight is 393 g/mol. The number of aromatic nitrogens is 4. The maximum absolute atomic E-state index is 11.6. The van der Waals surface area contributed by atoms with E-state index in [-0.39, 0.29) is 5.91 Å². The first-order valence-corrected chi connectivity index (χ1v) is 9.80. The van der Waals surface area contributed by atoms with Crippen molar-refractivity contribution in [3.05, 3.63) is 73.2 Å². The lowest BCUT2D eigenvalue weighted by molar-refractivity contribution is -0.115. The molecule has 2 N–H and O–H groups in total. The molecule has 5 rings (SSSR count). The predicted molar refractivity (Wildman–Crippen MR) is 119 cm³/mol. The number of carbonyl (C=O) groups is 1. The summed E-state index contributed by atoms with van der Waals surface area (Å²) in [4.78, 5) is 20.4. The Kier molecular flexibility index (Phi) is 4.44. The van der Waals surface area contributed by atoms with Crippen LogP contribution in [0.15, 0.2) is 73.2 Å². The molecule has 3 aromatic heterocycles. The van der Waals surface area contributed by atoms with Gasteiger partial charge in [0.05, 0.1) is 17.2 Å². The molecule has 0 atom stereocenters. The third-order valence-electron chi connectivity index (χ3n) is 5.15. The van der Waals surface area contributed by atoms with E-state index in [0.717, 1.165) is 49.9 Å². The first kappa shape index (κ1) is 18.0. The molecule has 2 aromatic carbocycles. The second-order valence-electron chi connectivity index (χ2n) is 7.07. The quantitative estimate of drug-likeness (QED) is 0.440. The molecule has 0 fully saturated rings. The van der Waals surface area contributed by atoms with Crippen LogP contribution in [-0.2, 0) is 4.79 Å². The number of aromatic amines is 1. The van der Waals surface area contributed by atoms with E-state index in [1.54, 1.807) is 6.20 Å². The zero-order valence-electron chi connectivity index (χ0n) is 16.4. The van der Waals surface area contributed by atoms with Gasteiger partial charge in [-0.25, -0.2) is 0 Å². The largest absolute Gasteiger partial charge is 0.326 e. The molecule has 0 aliphatic rings. The molecule has 0 aliphatic heterocycles. The van der Waals surface area contributed by atoms with Gasteiger partial charge < -0.3 is 5.32 Å². The van der Waals surface area contributed by atoms with Gasteiger partial charge in [0.15, 0.2) is 0 Å². The molecule has 6 heteroatoms. The Balaban J connectivity index is 1.64. The molecule has 0 radical (unpaired) electrons. The van der Waals surface area contributed by atoms with Crippen LogP contribution in [0, 0.1) is 0 Å². The Labute approximate surface area is 173 Å². The summed E-state index contributed by atoms with van der Waals surface area (Å²) in [6.07, 6.45) is 5.89. The summed E-state index contributed by atoms with van der Waals surface area (Å²) in [6.45, 7) is 1.83. The number of nitrogens with one attached hydrogen (secondary N) is 2. The third-order valence-corrected chi connectivity index (χ3v) is 5.15. The number of hydrogen-bond acceptors (Lipinski definition) is 4. The lowest BCUT2D eigenvalue weighted by Gasteiger charge is -2.07. The van der Waals surface area contributed by atoms with Crippen molar-refractivity contribution in [2.75, 3.05) is 5.32 Å². The first-order chi connectivity index (χ1) is 14.7. The van der Waals surface area contributed by atoms with Crippen molar-refractivity contribution < 1.29 is 4.79 Å². The fourth-order valence-corrected chi connectivity index (χ4v) is 3.59. The predicted octanol–water partition coefficient (Wildman–Crippen LogP) is 5.19. The number of anilines is 1. The zero-order chi connectivity index (χ0) is 20.5. The molecule has 0 bridgehead atoms. The molecule has 1 amide bonds. The molecule has 0 aliphatic carbocycles. The minimum atomic E-state index is -0.00651.